The van der Waals surface area contributed by atoms with Crippen LogP contribution in [0.5, 0.6) is 0 Å². The molecular formula is C12H20N4O. The maximum atomic E-state index is 12.1. The van der Waals surface area contributed by atoms with Crippen LogP contribution in [0.15, 0.2) is 18.2 Å². The summed E-state index contributed by atoms with van der Waals surface area (Å²) in [6.07, 6.45) is 1.05. The highest BCUT2D eigenvalue weighted by atomic mass is 16.2. The molecule has 5 heteroatoms. The van der Waals surface area contributed by atoms with Crippen molar-refractivity contribution in [2.75, 3.05) is 19.0 Å². The van der Waals surface area contributed by atoms with Crippen molar-refractivity contribution in [1.29, 1.82) is 0 Å². The van der Waals surface area contributed by atoms with Gasteiger partial charge in [0.15, 0.2) is 0 Å². The highest BCUT2D eigenvalue weighted by molar-refractivity contribution is 5.92. The third kappa shape index (κ3) is 3.71. The largest absolute Gasteiger partial charge is 0.340 e. The molecule has 1 aromatic rings. The van der Waals surface area contributed by atoms with Crippen LogP contribution in [0.3, 0.4) is 0 Å². The van der Waals surface area contributed by atoms with Crippen LogP contribution in [-0.2, 0) is 0 Å². The third-order valence-corrected chi connectivity index (χ3v) is 2.75. The number of hydrogen-bond donors (Lipinski definition) is 2. The lowest BCUT2D eigenvalue weighted by Crippen LogP contribution is -2.31. The van der Waals surface area contributed by atoms with E-state index in [0.717, 1.165) is 13.0 Å². The van der Waals surface area contributed by atoms with Gasteiger partial charge < -0.3 is 10.3 Å². The van der Waals surface area contributed by atoms with Crippen molar-refractivity contribution in [3.05, 3.63) is 23.9 Å². The Bertz CT molecular complexity index is 381. The van der Waals surface area contributed by atoms with Gasteiger partial charge in [0.2, 0.25) is 0 Å². The van der Waals surface area contributed by atoms with Gasteiger partial charge in [0.25, 0.3) is 5.91 Å². The Morgan fingerprint density at radius 1 is 1.59 bits per heavy atom. The number of nitrogens with two attached hydrogens (primary N) is 1. The minimum atomic E-state index is -0.0811. The number of carbonyl (C=O) groups is 1. The van der Waals surface area contributed by atoms with E-state index in [1.807, 2.05) is 0 Å². The summed E-state index contributed by atoms with van der Waals surface area (Å²) in [6.45, 7) is 4.96. The molecule has 1 rings (SSSR count). The number of aromatic nitrogens is 1. The molecule has 0 aromatic carbocycles. The Hall–Kier alpha value is -1.62. The number of nitrogen functional groups attached to an aromatic ring is 1. The Balaban J connectivity index is 2.74. The van der Waals surface area contributed by atoms with Crippen molar-refractivity contribution in [1.82, 2.24) is 9.88 Å². The number of nitrogens with one attached hydrogen (secondary N) is 1. The van der Waals surface area contributed by atoms with Crippen molar-refractivity contribution in [3.8, 4) is 0 Å². The van der Waals surface area contributed by atoms with Crippen LogP contribution in [0.2, 0.25) is 0 Å². The van der Waals surface area contributed by atoms with Crippen molar-refractivity contribution in [2.45, 2.75) is 20.3 Å². The molecule has 0 fully saturated rings. The Morgan fingerprint density at radius 3 is 2.88 bits per heavy atom. The number of nitrogens with zero attached hydrogens (tertiary/aromatic N) is 2. The molecule has 5 nitrogen and oxygen atoms in total. The molecule has 0 aliphatic rings. The number of rotatable bonds is 5. The molecule has 3 N–H and O–H groups in total. The second kappa shape index (κ2) is 6.20. The average Bonchev–Trinajstić information content (AvgIpc) is 2.37. The van der Waals surface area contributed by atoms with Gasteiger partial charge in [0.05, 0.1) is 0 Å². The first kappa shape index (κ1) is 13.4. The Morgan fingerprint density at radius 2 is 2.29 bits per heavy atom. The Labute approximate surface area is 102 Å². The fourth-order valence-electron chi connectivity index (χ4n) is 1.51. The van der Waals surface area contributed by atoms with E-state index in [1.54, 1.807) is 30.1 Å². The zero-order chi connectivity index (χ0) is 12.8. The summed E-state index contributed by atoms with van der Waals surface area (Å²) in [7, 11) is 1.79. The first-order chi connectivity index (χ1) is 8.08. The summed E-state index contributed by atoms with van der Waals surface area (Å²) in [4.78, 5) is 17.9. The van der Waals surface area contributed by atoms with Crippen molar-refractivity contribution < 1.29 is 4.79 Å². The molecule has 17 heavy (non-hydrogen) atoms. The molecule has 1 unspecified atom stereocenters. The highest BCUT2D eigenvalue weighted by Gasteiger charge is 2.15. The van der Waals surface area contributed by atoms with E-state index < -0.39 is 0 Å². The molecular weight excluding hydrogens is 216 g/mol. The zero-order valence-corrected chi connectivity index (χ0v) is 10.6. The van der Waals surface area contributed by atoms with Gasteiger partial charge in [-0.25, -0.2) is 10.8 Å². The van der Waals surface area contributed by atoms with Crippen molar-refractivity contribution in [2.24, 2.45) is 11.8 Å². The normalized spacial score (nSPS) is 12.0. The maximum absolute atomic E-state index is 12.1. The topological polar surface area (TPSA) is 71.2 Å². The van der Waals surface area contributed by atoms with Crippen LogP contribution in [0.4, 0.5) is 5.82 Å². The third-order valence-electron chi connectivity index (χ3n) is 2.75. The SMILES string of the molecule is CCC(C)CN(C)C(=O)c1cccc(NN)n1. The molecule has 94 valence electrons. The second-order valence-corrected chi connectivity index (χ2v) is 4.25. The summed E-state index contributed by atoms with van der Waals surface area (Å²) in [5.74, 6) is 6.16. The van der Waals surface area contributed by atoms with Crippen LogP contribution in [0.1, 0.15) is 30.8 Å². The van der Waals surface area contributed by atoms with Crippen LogP contribution in [-0.4, -0.2) is 29.4 Å². The Kier molecular flexibility index (Phi) is 4.90. The quantitative estimate of drug-likeness (QED) is 0.600. The fourth-order valence-corrected chi connectivity index (χ4v) is 1.51. The number of anilines is 1. The highest BCUT2D eigenvalue weighted by Crippen LogP contribution is 2.08. The summed E-state index contributed by atoms with van der Waals surface area (Å²) < 4.78 is 0. The molecule has 0 spiro atoms. The van der Waals surface area contributed by atoms with E-state index in [2.05, 4.69) is 24.3 Å². The van der Waals surface area contributed by atoms with Crippen LogP contribution >= 0.6 is 0 Å². The predicted octanol–water partition coefficient (Wildman–Crippen LogP) is 1.49. The lowest BCUT2D eigenvalue weighted by atomic mass is 10.1. The molecule has 0 aliphatic heterocycles. The van der Waals surface area contributed by atoms with Crippen molar-refractivity contribution in [3.63, 3.8) is 0 Å². The van der Waals surface area contributed by atoms with Crippen LogP contribution < -0.4 is 11.3 Å². The van der Waals surface area contributed by atoms with Gasteiger partial charge in [-0.2, -0.15) is 0 Å². The fraction of sp³-hybridized carbons (Fsp3) is 0.500. The smallest absolute Gasteiger partial charge is 0.272 e. The summed E-state index contributed by atoms with van der Waals surface area (Å²) >= 11 is 0. The maximum Gasteiger partial charge on any atom is 0.272 e. The number of amides is 1. The van der Waals surface area contributed by atoms with Gasteiger partial charge in [-0.15, -0.1) is 0 Å². The number of hydrogen-bond acceptors (Lipinski definition) is 4. The molecule has 0 bridgehead atoms. The van der Waals surface area contributed by atoms with E-state index in [1.165, 1.54) is 0 Å². The molecule has 0 aliphatic carbocycles. The second-order valence-electron chi connectivity index (χ2n) is 4.25. The lowest BCUT2D eigenvalue weighted by Gasteiger charge is -2.20. The predicted molar refractivity (Wildman–Crippen MR) is 68.5 cm³/mol. The standard InChI is InChI=1S/C12H20N4O/c1-4-9(2)8-16(3)12(17)10-6-5-7-11(14-10)15-13/h5-7,9H,4,8,13H2,1-3H3,(H,14,15). The molecule has 1 aromatic heterocycles. The number of carbonyl (C=O) groups excluding carboxylic acids is 1. The minimum Gasteiger partial charge on any atom is -0.340 e. The molecule has 1 atom stereocenters. The van der Waals surface area contributed by atoms with Gasteiger partial charge in [-0.05, 0) is 18.1 Å². The lowest BCUT2D eigenvalue weighted by molar-refractivity contribution is 0.0769. The van der Waals surface area contributed by atoms with E-state index in [4.69, 9.17) is 5.84 Å². The molecule has 1 amide bonds. The van der Waals surface area contributed by atoms with Gasteiger partial charge in [-0.1, -0.05) is 26.3 Å². The first-order valence-corrected chi connectivity index (χ1v) is 5.77. The van der Waals surface area contributed by atoms with Gasteiger partial charge >= 0.3 is 0 Å². The van der Waals surface area contributed by atoms with E-state index in [9.17, 15) is 4.79 Å². The van der Waals surface area contributed by atoms with Crippen LogP contribution in [0.25, 0.3) is 0 Å². The number of hydrazine groups is 1. The molecule has 0 saturated heterocycles. The van der Waals surface area contributed by atoms with E-state index in [0.29, 0.717) is 17.4 Å². The molecule has 1 heterocycles. The van der Waals surface area contributed by atoms with E-state index in [-0.39, 0.29) is 5.91 Å². The van der Waals surface area contributed by atoms with Gasteiger partial charge in [0, 0.05) is 13.6 Å². The minimum absolute atomic E-state index is 0.0811. The number of pyridine rings is 1. The monoisotopic (exact) mass is 236 g/mol. The van der Waals surface area contributed by atoms with E-state index >= 15 is 0 Å². The molecule has 0 radical (unpaired) electrons. The van der Waals surface area contributed by atoms with Gasteiger partial charge in [0.1, 0.15) is 11.5 Å². The van der Waals surface area contributed by atoms with Gasteiger partial charge in [-0.3, -0.25) is 4.79 Å². The summed E-state index contributed by atoms with van der Waals surface area (Å²) in [5.41, 5.74) is 2.84. The van der Waals surface area contributed by atoms with Crippen LogP contribution in [0, 0.1) is 5.92 Å². The average molecular weight is 236 g/mol. The summed E-state index contributed by atoms with van der Waals surface area (Å²) in [6, 6.07) is 5.16. The zero-order valence-electron chi connectivity index (χ0n) is 10.6. The first-order valence-electron chi connectivity index (χ1n) is 5.77. The van der Waals surface area contributed by atoms with Crippen molar-refractivity contribution >= 4 is 11.7 Å². The summed E-state index contributed by atoms with van der Waals surface area (Å²) in [5, 5.41) is 0. The molecule has 0 saturated carbocycles.